The highest BCUT2D eigenvalue weighted by Gasteiger charge is 2.28. The Labute approximate surface area is 160 Å². The van der Waals surface area contributed by atoms with E-state index in [1.165, 1.54) is 0 Å². The van der Waals surface area contributed by atoms with Gasteiger partial charge in [0.1, 0.15) is 5.60 Å². The molecule has 2 fully saturated rings. The van der Waals surface area contributed by atoms with Gasteiger partial charge in [-0.3, -0.25) is 9.59 Å². The molecule has 1 amide bonds. The van der Waals surface area contributed by atoms with Crippen LogP contribution in [0.15, 0.2) is 0 Å². The van der Waals surface area contributed by atoms with Crippen molar-refractivity contribution in [2.75, 3.05) is 0 Å². The fraction of sp³-hybridized carbons (Fsp3) is 0.842. The molecule has 0 aliphatic heterocycles. The van der Waals surface area contributed by atoms with Gasteiger partial charge in [-0.05, 0) is 72.1 Å². The SMILES string of the molecule is CC(C)(C)OC(=O)NC1CCC(C(=O)O)CC1.NC1CCC(C(=O)O)CC1. The van der Waals surface area contributed by atoms with Crippen LogP contribution in [0.3, 0.4) is 0 Å². The number of carboxylic acids is 2. The normalized spacial score (nSPS) is 28.3. The Morgan fingerprint density at radius 1 is 0.852 bits per heavy atom. The van der Waals surface area contributed by atoms with Crippen molar-refractivity contribution in [3.8, 4) is 0 Å². The number of hydrogen-bond acceptors (Lipinski definition) is 5. The summed E-state index contributed by atoms with van der Waals surface area (Å²) >= 11 is 0. The van der Waals surface area contributed by atoms with Crippen molar-refractivity contribution in [3.05, 3.63) is 0 Å². The van der Waals surface area contributed by atoms with Crippen molar-refractivity contribution in [2.24, 2.45) is 17.6 Å². The van der Waals surface area contributed by atoms with Crippen molar-refractivity contribution in [1.82, 2.24) is 5.32 Å². The van der Waals surface area contributed by atoms with E-state index in [4.69, 9.17) is 20.7 Å². The molecule has 0 bridgehead atoms. The third kappa shape index (κ3) is 9.60. The average Bonchev–Trinajstić information content (AvgIpc) is 2.54. The molecule has 156 valence electrons. The molecule has 2 rings (SSSR count). The number of ether oxygens (including phenoxy) is 1. The molecule has 0 unspecified atom stereocenters. The zero-order valence-corrected chi connectivity index (χ0v) is 16.6. The Balaban J connectivity index is 0.000000309. The van der Waals surface area contributed by atoms with Crippen LogP contribution in [0.2, 0.25) is 0 Å². The smallest absolute Gasteiger partial charge is 0.407 e. The van der Waals surface area contributed by atoms with Crippen LogP contribution >= 0.6 is 0 Å². The summed E-state index contributed by atoms with van der Waals surface area (Å²) in [4.78, 5) is 32.7. The second-order valence-electron chi connectivity index (χ2n) is 8.48. The van der Waals surface area contributed by atoms with E-state index in [9.17, 15) is 14.4 Å². The van der Waals surface area contributed by atoms with Gasteiger partial charge in [0.15, 0.2) is 0 Å². The molecular weight excluding hydrogens is 352 g/mol. The van der Waals surface area contributed by atoms with Gasteiger partial charge in [0.25, 0.3) is 0 Å². The molecule has 2 saturated carbocycles. The first-order chi connectivity index (χ1) is 12.5. The molecule has 27 heavy (non-hydrogen) atoms. The summed E-state index contributed by atoms with van der Waals surface area (Å²) in [5, 5.41) is 20.2. The van der Waals surface area contributed by atoms with Crippen molar-refractivity contribution in [2.45, 2.75) is 89.8 Å². The fourth-order valence-electron chi connectivity index (χ4n) is 3.33. The van der Waals surface area contributed by atoms with Crippen LogP contribution in [0, 0.1) is 11.8 Å². The molecule has 0 spiro atoms. The third-order valence-corrected chi connectivity index (χ3v) is 4.92. The predicted molar refractivity (Wildman–Crippen MR) is 100 cm³/mol. The number of carboxylic acid groups (broad SMARTS) is 2. The first-order valence-electron chi connectivity index (χ1n) is 9.68. The number of carbonyl (C=O) groups excluding carboxylic acids is 1. The van der Waals surface area contributed by atoms with Crippen molar-refractivity contribution >= 4 is 18.0 Å². The van der Waals surface area contributed by atoms with Crippen LogP contribution in [0.25, 0.3) is 0 Å². The lowest BCUT2D eigenvalue weighted by Gasteiger charge is -2.28. The molecule has 8 heteroatoms. The summed E-state index contributed by atoms with van der Waals surface area (Å²) < 4.78 is 5.15. The largest absolute Gasteiger partial charge is 0.481 e. The lowest BCUT2D eigenvalue weighted by Crippen LogP contribution is -2.41. The van der Waals surface area contributed by atoms with Gasteiger partial charge in [0.05, 0.1) is 11.8 Å². The average molecular weight is 386 g/mol. The summed E-state index contributed by atoms with van der Waals surface area (Å²) in [5.74, 6) is -1.78. The van der Waals surface area contributed by atoms with Gasteiger partial charge in [-0.25, -0.2) is 4.79 Å². The van der Waals surface area contributed by atoms with Gasteiger partial charge in [0, 0.05) is 12.1 Å². The van der Waals surface area contributed by atoms with Gasteiger partial charge in [-0.1, -0.05) is 0 Å². The van der Waals surface area contributed by atoms with E-state index in [2.05, 4.69) is 5.32 Å². The Kier molecular flexibility index (Phi) is 9.02. The maximum atomic E-state index is 11.5. The summed E-state index contributed by atoms with van der Waals surface area (Å²) in [6.07, 6.45) is 5.50. The lowest BCUT2D eigenvalue weighted by molar-refractivity contribution is -0.143. The van der Waals surface area contributed by atoms with Crippen LogP contribution in [-0.2, 0) is 14.3 Å². The van der Waals surface area contributed by atoms with E-state index in [0.717, 1.165) is 25.7 Å². The van der Waals surface area contributed by atoms with Crippen LogP contribution in [0.5, 0.6) is 0 Å². The number of nitrogens with two attached hydrogens (primary N) is 1. The highest BCUT2D eigenvalue weighted by molar-refractivity contribution is 5.70. The Morgan fingerprint density at radius 2 is 1.26 bits per heavy atom. The molecule has 2 aliphatic rings. The summed E-state index contributed by atoms with van der Waals surface area (Å²) in [6.45, 7) is 5.44. The van der Waals surface area contributed by atoms with Gasteiger partial charge in [-0.15, -0.1) is 0 Å². The standard InChI is InChI=1S/C12H21NO4.C7H13NO2/c1-12(2,3)17-11(16)13-9-6-4-8(5-7-9)10(14)15;8-6-3-1-5(2-4-6)7(9)10/h8-9H,4-7H2,1-3H3,(H,13,16)(H,14,15);5-6H,1-4,8H2,(H,9,10). The van der Waals surface area contributed by atoms with Gasteiger partial charge < -0.3 is 26.0 Å². The Hall–Kier alpha value is -1.83. The molecule has 0 saturated heterocycles. The number of carbonyl (C=O) groups is 3. The first-order valence-corrected chi connectivity index (χ1v) is 9.68. The number of nitrogens with one attached hydrogen (secondary N) is 1. The van der Waals surface area contributed by atoms with E-state index in [-0.39, 0.29) is 23.9 Å². The summed E-state index contributed by atoms with van der Waals surface area (Å²) in [5.41, 5.74) is 5.11. The monoisotopic (exact) mass is 386 g/mol. The maximum absolute atomic E-state index is 11.5. The highest BCUT2D eigenvalue weighted by atomic mass is 16.6. The van der Waals surface area contributed by atoms with E-state index in [0.29, 0.717) is 25.7 Å². The molecular formula is C19H34N2O6. The van der Waals surface area contributed by atoms with E-state index in [1.807, 2.05) is 20.8 Å². The first kappa shape index (κ1) is 23.2. The van der Waals surface area contributed by atoms with Crippen molar-refractivity contribution in [1.29, 1.82) is 0 Å². The topological polar surface area (TPSA) is 139 Å². The molecule has 0 aromatic carbocycles. The van der Waals surface area contributed by atoms with Crippen LogP contribution in [-0.4, -0.2) is 45.9 Å². The fourth-order valence-corrected chi connectivity index (χ4v) is 3.33. The lowest BCUT2D eigenvalue weighted by atomic mass is 9.86. The highest BCUT2D eigenvalue weighted by Crippen LogP contribution is 2.25. The van der Waals surface area contributed by atoms with E-state index in [1.54, 1.807) is 0 Å². The quantitative estimate of drug-likeness (QED) is 0.585. The maximum Gasteiger partial charge on any atom is 0.407 e. The van der Waals surface area contributed by atoms with Gasteiger partial charge >= 0.3 is 18.0 Å². The van der Waals surface area contributed by atoms with Crippen molar-refractivity contribution in [3.63, 3.8) is 0 Å². The van der Waals surface area contributed by atoms with E-state index < -0.39 is 23.6 Å². The van der Waals surface area contributed by atoms with Crippen LogP contribution in [0.4, 0.5) is 4.79 Å². The third-order valence-electron chi connectivity index (χ3n) is 4.92. The molecule has 0 aromatic rings. The minimum absolute atomic E-state index is 0.0421. The number of rotatable bonds is 3. The second kappa shape index (κ2) is 10.5. The summed E-state index contributed by atoms with van der Waals surface area (Å²) in [6, 6.07) is 0.288. The molecule has 0 aromatic heterocycles. The molecule has 0 heterocycles. The zero-order valence-electron chi connectivity index (χ0n) is 16.6. The summed E-state index contributed by atoms with van der Waals surface area (Å²) in [7, 11) is 0. The number of hydrogen-bond donors (Lipinski definition) is 4. The van der Waals surface area contributed by atoms with E-state index >= 15 is 0 Å². The zero-order chi connectivity index (χ0) is 20.6. The van der Waals surface area contributed by atoms with Gasteiger partial charge in [-0.2, -0.15) is 0 Å². The molecule has 5 N–H and O–H groups in total. The predicted octanol–water partition coefficient (Wildman–Crippen LogP) is 2.74. The van der Waals surface area contributed by atoms with Crippen LogP contribution in [0.1, 0.15) is 72.1 Å². The second-order valence-corrected chi connectivity index (χ2v) is 8.48. The Morgan fingerprint density at radius 3 is 1.63 bits per heavy atom. The number of aliphatic carboxylic acids is 2. The molecule has 2 aliphatic carbocycles. The number of alkyl carbamates (subject to hydrolysis) is 1. The van der Waals surface area contributed by atoms with Crippen molar-refractivity contribution < 1.29 is 29.3 Å². The Bertz CT molecular complexity index is 501. The molecule has 8 nitrogen and oxygen atoms in total. The molecule has 0 atom stereocenters. The van der Waals surface area contributed by atoms with Crippen LogP contribution < -0.4 is 11.1 Å². The van der Waals surface area contributed by atoms with Gasteiger partial charge in [0.2, 0.25) is 0 Å². The minimum atomic E-state index is -0.735. The minimum Gasteiger partial charge on any atom is -0.481 e. The molecule has 0 radical (unpaired) electrons. The number of amides is 1.